The van der Waals surface area contributed by atoms with Gasteiger partial charge < -0.3 is 0 Å². The zero-order valence-electron chi connectivity index (χ0n) is 13.5. The number of hydrogen-bond donors (Lipinski definition) is 0. The van der Waals surface area contributed by atoms with Crippen molar-refractivity contribution < 1.29 is 0 Å². The normalized spacial score (nSPS) is 11.5. The molecule has 0 nitrogen and oxygen atoms in total. The van der Waals surface area contributed by atoms with Crippen molar-refractivity contribution in [1.82, 2.24) is 0 Å². The lowest BCUT2D eigenvalue weighted by atomic mass is 10.1. The Morgan fingerprint density at radius 2 is 1.00 bits per heavy atom. The molecule has 0 heteroatoms. The third-order valence-electron chi connectivity index (χ3n) is 3.76. The first kappa shape index (κ1) is 18.7. The maximum Gasteiger partial charge on any atom is -0.0351 e. The van der Waals surface area contributed by atoms with Crippen molar-refractivity contribution in [2.24, 2.45) is 0 Å². The van der Waals surface area contributed by atoms with E-state index in [0.29, 0.717) is 0 Å². The Bertz CT molecular complexity index is 169. The van der Waals surface area contributed by atoms with E-state index in [1.165, 1.54) is 89.9 Å². The van der Waals surface area contributed by atoms with Gasteiger partial charge >= 0.3 is 0 Å². The molecular formula is C19H37. The fourth-order valence-corrected chi connectivity index (χ4v) is 2.42. The topological polar surface area (TPSA) is 0 Å². The minimum Gasteiger partial charge on any atom is -0.0885 e. The van der Waals surface area contributed by atoms with Crippen LogP contribution >= 0.6 is 0 Å². The average Bonchev–Trinajstić information content (AvgIpc) is 2.43. The molecule has 1 radical (unpaired) electrons. The van der Waals surface area contributed by atoms with E-state index in [1.807, 2.05) is 0 Å². The van der Waals surface area contributed by atoms with E-state index in [2.05, 4.69) is 26.0 Å². The molecule has 0 aliphatic rings. The van der Waals surface area contributed by atoms with Crippen molar-refractivity contribution in [1.29, 1.82) is 0 Å². The summed E-state index contributed by atoms with van der Waals surface area (Å²) in [6.45, 7) is 6.16. The largest absolute Gasteiger partial charge is 0.0885 e. The summed E-state index contributed by atoms with van der Waals surface area (Å²) < 4.78 is 0. The molecule has 0 aromatic carbocycles. The van der Waals surface area contributed by atoms with Crippen LogP contribution in [0.1, 0.15) is 103 Å². The molecule has 113 valence electrons. The van der Waals surface area contributed by atoms with Crippen molar-refractivity contribution in [3.63, 3.8) is 0 Å². The number of unbranched alkanes of at least 4 members (excludes halogenated alkanes) is 13. The molecule has 0 aromatic heterocycles. The molecular weight excluding hydrogens is 228 g/mol. The van der Waals surface area contributed by atoms with Crippen LogP contribution in [-0.2, 0) is 0 Å². The first-order valence-electron chi connectivity index (χ1n) is 8.86. The molecule has 0 bridgehead atoms. The predicted octanol–water partition coefficient (Wildman–Crippen LogP) is 7.25. The van der Waals surface area contributed by atoms with Crippen LogP contribution < -0.4 is 0 Å². The Labute approximate surface area is 123 Å². The van der Waals surface area contributed by atoms with Gasteiger partial charge in [0.1, 0.15) is 0 Å². The smallest absolute Gasteiger partial charge is 0.0351 e. The van der Waals surface area contributed by atoms with Gasteiger partial charge in [0.2, 0.25) is 0 Å². The monoisotopic (exact) mass is 265 g/mol. The van der Waals surface area contributed by atoms with E-state index in [-0.39, 0.29) is 0 Å². The van der Waals surface area contributed by atoms with Gasteiger partial charge in [-0.25, -0.2) is 0 Å². The van der Waals surface area contributed by atoms with Gasteiger partial charge in [0.25, 0.3) is 0 Å². The van der Waals surface area contributed by atoms with Crippen molar-refractivity contribution >= 4 is 0 Å². The lowest BCUT2D eigenvalue weighted by molar-refractivity contribution is 0.598. The Balaban J connectivity index is 3.01. The summed E-state index contributed by atoms with van der Waals surface area (Å²) >= 11 is 0. The van der Waals surface area contributed by atoms with Gasteiger partial charge in [-0.05, 0) is 25.7 Å². The van der Waals surface area contributed by atoms with Gasteiger partial charge in [0, 0.05) is 0 Å². The van der Waals surface area contributed by atoms with Crippen molar-refractivity contribution in [2.75, 3.05) is 0 Å². The standard InChI is InChI=1S/C19H37/c1-3-5-7-9-11-13-15-17-19-18-16-14-12-10-8-6-4-2/h18-19H,1,3-17H2,2H3. The molecule has 0 aliphatic heterocycles. The van der Waals surface area contributed by atoms with Gasteiger partial charge in [-0.1, -0.05) is 96.6 Å². The van der Waals surface area contributed by atoms with E-state index in [0.717, 1.165) is 6.42 Å². The fourth-order valence-electron chi connectivity index (χ4n) is 2.42. The zero-order valence-corrected chi connectivity index (χ0v) is 13.5. The molecule has 0 aliphatic carbocycles. The molecule has 19 heavy (non-hydrogen) atoms. The van der Waals surface area contributed by atoms with Crippen LogP contribution in [0.5, 0.6) is 0 Å². The van der Waals surface area contributed by atoms with Crippen molar-refractivity contribution in [3.8, 4) is 0 Å². The highest BCUT2D eigenvalue weighted by atomic mass is 14.0. The van der Waals surface area contributed by atoms with E-state index in [1.54, 1.807) is 0 Å². The second-order valence-corrected chi connectivity index (χ2v) is 5.79. The Kier molecular flexibility index (Phi) is 17.5. The highest BCUT2D eigenvalue weighted by molar-refractivity contribution is 4.81. The van der Waals surface area contributed by atoms with Crippen LogP contribution in [-0.4, -0.2) is 0 Å². The van der Waals surface area contributed by atoms with Gasteiger partial charge in [0.05, 0.1) is 0 Å². The maximum atomic E-state index is 3.88. The summed E-state index contributed by atoms with van der Waals surface area (Å²) in [5.74, 6) is 0. The highest BCUT2D eigenvalue weighted by Crippen LogP contribution is 2.10. The number of allylic oxidation sites excluding steroid dienone is 2. The Hall–Kier alpha value is -0.260. The predicted molar refractivity (Wildman–Crippen MR) is 89.4 cm³/mol. The highest BCUT2D eigenvalue weighted by Gasteiger charge is 1.90. The minimum atomic E-state index is 1.11. The van der Waals surface area contributed by atoms with E-state index in [4.69, 9.17) is 0 Å². The van der Waals surface area contributed by atoms with Crippen LogP contribution in [0.25, 0.3) is 0 Å². The lowest BCUT2D eigenvalue weighted by Gasteiger charge is -1.99. The third-order valence-corrected chi connectivity index (χ3v) is 3.76. The quantitative estimate of drug-likeness (QED) is 0.216. The molecule has 0 unspecified atom stereocenters. The third kappa shape index (κ3) is 17.7. The molecule has 0 N–H and O–H groups in total. The zero-order chi connectivity index (χ0) is 14.0. The molecule has 0 amide bonds. The maximum absolute atomic E-state index is 3.88. The molecule has 0 atom stereocenters. The van der Waals surface area contributed by atoms with Crippen LogP contribution in [0.3, 0.4) is 0 Å². The minimum absolute atomic E-state index is 1.11. The lowest BCUT2D eigenvalue weighted by Crippen LogP contribution is -1.79. The van der Waals surface area contributed by atoms with Gasteiger partial charge in [-0.15, -0.1) is 0 Å². The molecule has 0 aromatic rings. The summed E-state index contributed by atoms with van der Waals surface area (Å²) in [5.41, 5.74) is 0. The second kappa shape index (κ2) is 17.7. The first-order valence-corrected chi connectivity index (χ1v) is 8.86. The molecule has 0 spiro atoms. The number of hydrogen-bond acceptors (Lipinski definition) is 0. The fraction of sp³-hybridized carbons (Fsp3) is 0.842. The Morgan fingerprint density at radius 1 is 0.579 bits per heavy atom. The van der Waals surface area contributed by atoms with Crippen LogP contribution in [0.4, 0.5) is 0 Å². The molecule has 0 heterocycles. The van der Waals surface area contributed by atoms with Crippen molar-refractivity contribution in [2.45, 2.75) is 103 Å². The molecule has 0 rings (SSSR count). The summed E-state index contributed by atoms with van der Waals surface area (Å²) in [5, 5.41) is 0. The van der Waals surface area contributed by atoms with Gasteiger partial charge in [-0.2, -0.15) is 0 Å². The Morgan fingerprint density at radius 3 is 1.47 bits per heavy atom. The van der Waals surface area contributed by atoms with Gasteiger partial charge in [-0.3, -0.25) is 0 Å². The van der Waals surface area contributed by atoms with Crippen molar-refractivity contribution in [3.05, 3.63) is 19.1 Å². The van der Waals surface area contributed by atoms with Gasteiger partial charge in [0.15, 0.2) is 0 Å². The summed E-state index contributed by atoms with van der Waals surface area (Å²) in [6, 6.07) is 0. The average molecular weight is 266 g/mol. The summed E-state index contributed by atoms with van der Waals surface area (Å²) in [6.07, 6.45) is 25.3. The molecule has 0 fully saturated rings. The van der Waals surface area contributed by atoms with Crippen LogP contribution in [0, 0.1) is 6.92 Å². The summed E-state index contributed by atoms with van der Waals surface area (Å²) in [4.78, 5) is 0. The summed E-state index contributed by atoms with van der Waals surface area (Å²) in [7, 11) is 0. The van der Waals surface area contributed by atoms with Crippen LogP contribution in [0.15, 0.2) is 12.2 Å². The van der Waals surface area contributed by atoms with E-state index < -0.39 is 0 Å². The van der Waals surface area contributed by atoms with E-state index in [9.17, 15) is 0 Å². The first-order chi connectivity index (χ1) is 9.41. The molecule has 0 saturated heterocycles. The SMILES string of the molecule is [CH2]CCCCCCCCC=CCCCCCCCC. The number of rotatable bonds is 15. The molecule has 0 saturated carbocycles. The van der Waals surface area contributed by atoms with Crippen LogP contribution in [0.2, 0.25) is 0 Å². The second-order valence-electron chi connectivity index (χ2n) is 5.79. The van der Waals surface area contributed by atoms with E-state index >= 15 is 0 Å².